The number of hydrogen-bond acceptors (Lipinski definition) is 6. The van der Waals surface area contributed by atoms with Crippen LogP contribution in [0.1, 0.15) is 51.8 Å². The fourth-order valence-electron chi connectivity index (χ4n) is 4.65. The van der Waals surface area contributed by atoms with Gasteiger partial charge in [0.1, 0.15) is 18.1 Å². The van der Waals surface area contributed by atoms with E-state index in [1.165, 1.54) is 12.5 Å². The first-order valence-electron chi connectivity index (χ1n) is 13.9. The first kappa shape index (κ1) is 31.3. The van der Waals surface area contributed by atoms with Crippen LogP contribution in [0.5, 0.6) is 0 Å². The van der Waals surface area contributed by atoms with E-state index >= 15 is 0 Å². The molecule has 0 aliphatic rings. The minimum Gasteiger partial charge on any atom is -0.480 e. The van der Waals surface area contributed by atoms with Gasteiger partial charge in [0.25, 0.3) is 0 Å². The number of nitrogens with zero attached hydrogens (tertiary/aromatic N) is 1. The molecule has 3 amide bonds. The van der Waals surface area contributed by atoms with Gasteiger partial charge in [-0.15, -0.1) is 0 Å². The molecule has 12 nitrogen and oxygen atoms in total. The number of imidazole rings is 1. The van der Waals surface area contributed by atoms with E-state index in [9.17, 15) is 24.3 Å². The lowest BCUT2D eigenvalue weighted by atomic mass is 9.96. The molecule has 41 heavy (non-hydrogen) atoms. The molecule has 12 heteroatoms. The summed E-state index contributed by atoms with van der Waals surface area (Å²) >= 11 is 0. The van der Waals surface area contributed by atoms with Gasteiger partial charge in [-0.25, -0.2) is 9.78 Å². The number of carboxylic acid groups (broad SMARTS) is 1. The van der Waals surface area contributed by atoms with Gasteiger partial charge in [0.2, 0.25) is 17.7 Å². The predicted molar refractivity (Wildman–Crippen MR) is 155 cm³/mol. The van der Waals surface area contributed by atoms with Crippen molar-refractivity contribution in [1.29, 1.82) is 0 Å². The molecule has 0 saturated carbocycles. The van der Waals surface area contributed by atoms with E-state index in [0.29, 0.717) is 18.5 Å². The zero-order valence-electron chi connectivity index (χ0n) is 23.9. The number of carboxylic acids is 1. The number of aromatic nitrogens is 3. The standard InChI is InChI=1S/C29H41N7O5/c1-5-17(4)25(28(39)35-24(29(40)41)12-19-14-31-15-33-19)36-27(38)23(10-16(2)3)34-26(37)21(30)11-18-13-32-22-9-7-6-8-20(18)22/h6-9,13-17,21,23-25,32H,5,10-12,30H2,1-4H3,(H,31,33)(H,34,37)(H,35,39)(H,36,38)(H,40,41). The highest BCUT2D eigenvalue weighted by Gasteiger charge is 2.33. The third-order valence-corrected chi connectivity index (χ3v) is 7.18. The van der Waals surface area contributed by atoms with Crippen LogP contribution >= 0.6 is 0 Å². The highest BCUT2D eigenvalue weighted by atomic mass is 16.4. The SMILES string of the molecule is CCC(C)C(NC(=O)C(CC(C)C)NC(=O)C(N)Cc1c[nH]c2ccccc12)C(=O)NC(Cc1cnc[nH]1)C(=O)O. The van der Waals surface area contributed by atoms with Crippen LogP contribution < -0.4 is 21.7 Å². The molecular weight excluding hydrogens is 526 g/mol. The fraction of sp³-hybridized carbons (Fsp3) is 0.483. The van der Waals surface area contributed by atoms with Crippen molar-refractivity contribution in [3.8, 4) is 0 Å². The Hall–Kier alpha value is -4.19. The first-order valence-corrected chi connectivity index (χ1v) is 13.9. The van der Waals surface area contributed by atoms with Crippen LogP contribution in [0.3, 0.4) is 0 Å². The number of aromatic amines is 2. The summed E-state index contributed by atoms with van der Waals surface area (Å²) in [5.41, 5.74) is 8.63. The Morgan fingerprint density at radius 2 is 1.66 bits per heavy atom. The molecule has 222 valence electrons. The van der Waals surface area contributed by atoms with Crippen LogP contribution in [-0.4, -0.2) is 67.9 Å². The zero-order valence-corrected chi connectivity index (χ0v) is 23.9. The Balaban J connectivity index is 1.70. The maximum atomic E-state index is 13.5. The van der Waals surface area contributed by atoms with Crippen molar-refractivity contribution in [2.24, 2.45) is 17.6 Å². The summed E-state index contributed by atoms with van der Waals surface area (Å²) in [5, 5.41) is 18.7. The Bertz CT molecular complexity index is 1320. The second-order valence-electron chi connectivity index (χ2n) is 10.9. The summed E-state index contributed by atoms with van der Waals surface area (Å²) in [6, 6.07) is 3.65. The molecule has 2 aromatic heterocycles. The smallest absolute Gasteiger partial charge is 0.326 e. The van der Waals surface area contributed by atoms with Crippen molar-refractivity contribution in [3.63, 3.8) is 0 Å². The molecule has 3 aromatic rings. The number of H-pyrrole nitrogens is 2. The van der Waals surface area contributed by atoms with Crippen LogP contribution in [0.4, 0.5) is 0 Å². The van der Waals surface area contributed by atoms with Crippen LogP contribution in [-0.2, 0) is 32.0 Å². The van der Waals surface area contributed by atoms with E-state index in [1.54, 1.807) is 6.92 Å². The average Bonchev–Trinajstić information content (AvgIpc) is 3.60. The second kappa shape index (κ2) is 14.4. The molecule has 5 unspecified atom stereocenters. The van der Waals surface area contributed by atoms with E-state index in [0.717, 1.165) is 16.5 Å². The number of aliphatic carboxylic acids is 1. The highest BCUT2D eigenvalue weighted by Crippen LogP contribution is 2.19. The Labute approximate surface area is 239 Å². The lowest BCUT2D eigenvalue weighted by Gasteiger charge is -2.28. The van der Waals surface area contributed by atoms with Gasteiger partial charge in [-0.05, 0) is 36.3 Å². The Morgan fingerprint density at radius 3 is 2.29 bits per heavy atom. The molecule has 5 atom stereocenters. The lowest BCUT2D eigenvalue weighted by Crippen LogP contribution is -2.59. The number of nitrogens with two attached hydrogens (primary N) is 1. The van der Waals surface area contributed by atoms with Crippen LogP contribution in [0, 0.1) is 11.8 Å². The number of carbonyl (C=O) groups excluding carboxylic acids is 3. The molecule has 0 saturated heterocycles. The molecule has 0 spiro atoms. The van der Waals surface area contributed by atoms with Gasteiger partial charge in [-0.3, -0.25) is 14.4 Å². The van der Waals surface area contributed by atoms with E-state index in [-0.39, 0.29) is 24.7 Å². The van der Waals surface area contributed by atoms with Crippen LogP contribution in [0.25, 0.3) is 10.9 Å². The molecule has 0 bridgehead atoms. The lowest BCUT2D eigenvalue weighted by molar-refractivity contribution is -0.142. The molecule has 2 heterocycles. The molecule has 0 aliphatic carbocycles. The van der Waals surface area contributed by atoms with Crippen LogP contribution in [0.2, 0.25) is 0 Å². The first-order chi connectivity index (χ1) is 19.5. The van der Waals surface area contributed by atoms with Gasteiger partial charge < -0.3 is 36.8 Å². The molecule has 0 fully saturated rings. The average molecular weight is 568 g/mol. The van der Waals surface area contributed by atoms with Crippen molar-refractivity contribution in [2.45, 2.75) is 77.5 Å². The van der Waals surface area contributed by atoms with Crippen molar-refractivity contribution >= 4 is 34.6 Å². The van der Waals surface area contributed by atoms with Gasteiger partial charge in [-0.2, -0.15) is 0 Å². The second-order valence-corrected chi connectivity index (χ2v) is 10.9. The Morgan fingerprint density at radius 1 is 0.951 bits per heavy atom. The normalized spacial score (nSPS) is 15.1. The third-order valence-electron chi connectivity index (χ3n) is 7.18. The number of para-hydroxylation sites is 1. The van der Waals surface area contributed by atoms with Gasteiger partial charge in [0.05, 0.1) is 12.4 Å². The maximum absolute atomic E-state index is 13.5. The summed E-state index contributed by atoms with van der Waals surface area (Å²) in [4.78, 5) is 61.5. The number of carbonyl (C=O) groups is 4. The molecule has 8 N–H and O–H groups in total. The Kier molecular flexibility index (Phi) is 11.0. The topological polar surface area (TPSA) is 195 Å². The zero-order chi connectivity index (χ0) is 30.1. The number of rotatable bonds is 15. The number of fused-ring (bicyclic) bond motifs is 1. The van der Waals surface area contributed by atoms with E-state index in [2.05, 4.69) is 30.9 Å². The minimum atomic E-state index is -1.22. The van der Waals surface area contributed by atoms with Crippen molar-refractivity contribution in [3.05, 3.63) is 54.2 Å². The fourth-order valence-corrected chi connectivity index (χ4v) is 4.65. The van der Waals surface area contributed by atoms with Crippen molar-refractivity contribution in [2.75, 3.05) is 0 Å². The monoisotopic (exact) mass is 567 g/mol. The minimum absolute atomic E-state index is 0.00257. The van der Waals surface area contributed by atoms with E-state index in [4.69, 9.17) is 5.73 Å². The molecule has 3 rings (SSSR count). The summed E-state index contributed by atoms with van der Waals surface area (Å²) in [6.45, 7) is 7.50. The van der Waals surface area contributed by atoms with Crippen LogP contribution in [0.15, 0.2) is 43.0 Å². The van der Waals surface area contributed by atoms with E-state index < -0.39 is 47.9 Å². The van der Waals surface area contributed by atoms with E-state index in [1.807, 2.05) is 51.2 Å². The molecule has 1 aromatic carbocycles. The largest absolute Gasteiger partial charge is 0.480 e. The number of benzene rings is 1. The van der Waals surface area contributed by atoms with Crippen molar-refractivity contribution in [1.82, 2.24) is 30.9 Å². The van der Waals surface area contributed by atoms with Gasteiger partial charge in [0.15, 0.2) is 0 Å². The summed E-state index contributed by atoms with van der Waals surface area (Å²) in [7, 11) is 0. The summed E-state index contributed by atoms with van der Waals surface area (Å²) < 4.78 is 0. The quantitative estimate of drug-likeness (QED) is 0.145. The van der Waals surface area contributed by atoms with Gasteiger partial charge >= 0.3 is 5.97 Å². The van der Waals surface area contributed by atoms with Crippen molar-refractivity contribution < 1.29 is 24.3 Å². The number of hydrogen-bond donors (Lipinski definition) is 7. The molecule has 0 aliphatic heterocycles. The number of nitrogens with one attached hydrogen (secondary N) is 5. The molecule has 0 radical (unpaired) electrons. The van der Waals surface area contributed by atoms with Gasteiger partial charge in [0, 0.05) is 35.4 Å². The highest BCUT2D eigenvalue weighted by molar-refractivity contribution is 5.94. The molecular formula is C29H41N7O5. The summed E-state index contributed by atoms with van der Waals surface area (Å²) in [6.07, 6.45) is 5.88. The third kappa shape index (κ3) is 8.65. The maximum Gasteiger partial charge on any atom is 0.326 e. The van der Waals surface area contributed by atoms with Gasteiger partial charge in [-0.1, -0.05) is 52.3 Å². The summed E-state index contributed by atoms with van der Waals surface area (Å²) in [5.74, 6) is -3.10. The number of amides is 3. The predicted octanol–water partition coefficient (Wildman–Crippen LogP) is 1.63.